The first kappa shape index (κ1) is 22.0. The quantitative estimate of drug-likeness (QED) is 0.405. The van der Waals surface area contributed by atoms with Crippen LogP contribution in [-0.4, -0.2) is 34.6 Å². The molecule has 1 aliphatic rings. The van der Waals surface area contributed by atoms with Gasteiger partial charge in [-0.1, -0.05) is 37.1 Å². The first-order chi connectivity index (χ1) is 14.9. The fourth-order valence-electron chi connectivity index (χ4n) is 3.96. The molecule has 0 saturated heterocycles. The predicted molar refractivity (Wildman–Crippen MR) is 117 cm³/mol. The lowest BCUT2D eigenvalue weighted by atomic mass is 9.75. The third-order valence-corrected chi connectivity index (χ3v) is 5.55. The number of carbonyl (C=O) groups excluding carboxylic acids is 2. The molecule has 8 heteroatoms. The second-order valence-electron chi connectivity index (χ2n) is 7.68. The molecule has 8 nitrogen and oxygen atoms in total. The van der Waals surface area contributed by atoms with Crippen molar-refractivity contribution in [3.63, 3.8) is 0 Å². The number of H-pyrrole nitrogens is 1. The number of benzene rings is 1. The Labute approximate surface area is 181 Å². The molecule has 1 amide bonds. The van der Waals surface area contributed by atoms with Crippen molar-refractivity contribution in [2.75, 3.05) is 7.05 Å². The fraction of sp³-hybridized carbons (Fsp3) is 0.348. The molecule has 1 heterocycles. The van der Waals surface area contributed by atoms with Gasteiger partial charge in [0.05, 0.1) is 17.1 Å². The van der Waals surface area contributed by atoms with Gasteiger partial charge in [0.2, 0.25) is 5.91 Å². The van der Waals surface area contributed by atoms with Gasteiger partial charge in [-0.25, -0.2) is 0 Å². The van der Waals surface area contributed by atoms with Crippen molar-refractivity contribution in [2.24, 2.45) is 11.8 Å². The van der Waals surface area contributed by atoms with Crippen LogP contribution in [0.25, 0.3) is 11.3 Å². The lowest BCUT2D eigenvalue weighted by molar-refractivity contribution is -0.126. The van der Waals surface area contributed by atoms with Crippen molar-refractivity contribution in [2.45, 2.75) is 32.6 Å². The molecule has 1 aliphatic carbocycles. The highest BCUT2D eigenvalue weighted by Gasteiger charge is 2.36. The van der Waals surface area contributed by atoms with E-state index >= 15 is 0 Å². The number of carbonyl (C=O) groups is 2. The Hall–Kier alpha value is -3.73. The van der Waals surface area contributed by atoms with Crippen LogP contribution in [0.4, 0.5) is 0 Å². The van der Waals surface area contributed by atoms with Crippen LogP contribution in [0.2, 0.25) is 0 Å². The maximum absolute atomic E-state index is 13.2. The van der Waals surface area contributed by atoms with E-state index in [1.165, 1.54) is 6.20 Å². The molecular formula is C23H26N6O2. The van der Waals surface area contributed by atoms with Crippen LogP contribution in [0.5, 0.6) is 0 Å². The van der Waals surface area contributed by atoms with E-state index in [0.29, 0.717) is 18.4 Å². The number of aromatic amines is 1. The smallest absolute Gasteiger partial charge is 0.228 e. The molecule has 0 radical (unpaired) electrons. The Morgan fingerprint density at radius 1 is 1.23 bits per heavy atom. The summed E-state index contributed by atoms with van der Waals surface area (Å²) in [5.41, 5.74) is 3.04. The first-order valence-corrected chi connectivity index (χ1v) is 10.3. The Balaban J connectivity index is 1.77. The van der Waals surface area contributed by atoms with Crippen molar-refractivity contribution in [1.29, 1.82) is 10.7 Å². The Bertz CT molecular complexity index is 1040. The van der Waals surface area contributed by atoms with Gasteiger partial charge < -0.3 is 10.6 Å². The summed E-state index contributed by atoms with van der Waals surface area (Å²) in [6.07, 6.45) is 4.39. The van der Waals surface area contributed by atoms with Crippen molar-refractivity contribution >= 4 is 17.4 Å². The minimum atomic E-state index is -0.497. The summed E-state index contributed by atoms with van der Waals surface area (Å²) in [5.74, 6) is -1.31. The molecule has 1 aromatic carbocycles. The van der Waals surface area contributed by atoms with Crippen molar-refractivity contribution < 1.29 is 9.59 Å². The zero-order valence-corrected chi connectivity index (χ0v) is 17.7. The number of nitrogens with one attached hydrogen (secondary N) is 4. The van der Waals surface area contributed by atoms with Crippen LogP contribution in [0.3, 0.4) is 0 Å². The number of amides is 1. The SMILES string of the molecule is CN/C=C(/NC(=O)C1CCCCC1C(=O)c1ccc(-c2cc(C)n[nH]2)cc1)C(=N)C#N. The number of nitrogens with zero attached hydrogens (tertiary/aromatic N) is 2. The standard InChI is InChI=1S/C23H26N6O2/c1-14-11-20(29-28-14)15-7-9-16(10-8-15)22(30)17-5-3-4-6-18(17)23(31)27-21(13-26-2)19(25)12-24/h7-11,13,17-18,25-26H,3-6H2,1-2H3,(H,27,31)(H,28,29)/b21-13+,25-19?. The van der Waals surface area contributed by atoms with Crippen LogP contribution >= 0.6 is 0 Å². The zero-order valence-electron chi connectivity index (χ0n) is 17.7. The summed E-state index contributed by atoms with van der Waals surface area (Å²) >= 11 is 0. The molecule has 1 aromatic heterocycles. The molecule has 1 saturated carbocycles. The van der Waals surface area contributed by atoms with E-state index in [1.807, 2.05) is 25.1 Å². The van der Waals surface area contributed by atoms with Gasteiger partial charge in [-0.15, -0.1) is 0 Å². The minimum absolute atomic E-state index is 0.0540. The number of allylic oxidation sites excluding steroid dienone is 1. The van der Waals surface area contributed by atoms with Gasteiger partial charge in [-0.05, 0) is 31.4 Å². The van der Waals surface area contributed by atoms with Gasteiger partial charge in [0.25, 0.3) is 0 Å². The van der Waals surface area contributed by atoms with Crippen LogP contribution in [-0.2, 0) is 4.79 Å². The second-order valence-corrected chi connectivity index (χ2v) is 7.68. The Morgan fingerprint density at radius 2 is 1.90 bits per heavy atom. The molecular weight excluding hydrogens is 392 g/mol. The molecule has 2 atom stereocenters. The molecule has 1 fully saturated rings. The number of aromatic nitrogens is 2. The summed E-state index contributed by atoms with van der Waals surface area (Å²) in [6.45, 7) is 1.90. The maximum atomic E-state index is 13.2. The van der Waals surface area contributed by atoms with Crippen LogP contribution in [0.1, 0.15) is 41.7 Å². The van der Waals surface area contributed by atoms with Crippen LogP contribution < -0.4 is 10.6 Å². The third kappa shape index (κ3) is 5.07. The predicted octanol–water partition coefficient (Wildman–Crippen LogP) is 3.09. The summed E-state index contributed by atoms with van der Waals surface area (Å²) in [6, 6.07) is 11.0. The van der Waals surface area contributed by atoms with Crippen molar-refractivity contribution in [1.82, 2.24) is 20.8 Å². The number of ketones is 1. The number of Topliss-reactive ketones (excluding diaryl/α,β-unsaturated/α-hetero) is 1. The molecule has 2 aromatic rings. The molecule has 4 N–H and O–H groups in total. The summed E-state index contributed by atoms with van der Waals surface area (Å²) in [4.78, 5) is 26.2. The molecule has 0 spiro atoms. The maximum Gasteiger partial charge on any atom is 0.228 e. The first-order valence-electron chi connectivity index (χ1n) is 10.3. The highest BCUT2D eigenvalue weighted by Crippen LogP contribution is 2.33. The summed E-state index contributed by atoms with van der Waals surface area (Å²) in [5, 5.41) is 29.2. The van der Waals surface area contributed by atoms with Crippen LogP contribution in [0, 0.1) is 35.5 Å². The van der Waals surface area contributed by atoms with Gasteiger partial charge in [-0.2, -0.15) is 10.4 Å². The number of hydrogen-bond donors (Lipinski definition) is 4. The molecule has 3 rings (SSSR count). The Morgan fingerprint density at radius 3 is 2.48 bits per heavy atom. The van der Waals surface area contributed by atoms with E-state index in [4.69, 9.17) is 10.7 Å². The van der Waals surface area contributed by atoms with Crippen molar-refractivity contribution in [3.05, 3.63) is 53.5 Å². The van der Waals surface area contributed by atoms with Gasteiger partial charge in [-0.3, -0.25) is 20.1 Å². The van der Waals surface area contributed by atoms with E-state index in [0.717, 1.165) is 29.8 Å². The molecule has 31 heavy (non-hydrogen) atoms. The van der Waals surface area contributed by atoms with E-state index in [2.05, 4.69) is 20.8 Å². The molecule has 0 bridgehead atoms. The van der Waals surface area contributed by atoms with E-state index in [-0.39, 0.29) is 23.1 Å². The average molecular weight is 419 g/mol. The highest BCUT2D eigenvalue weighted by atomic mass is 16.2. The normalized spacial score (nSPS) is 18.7. The second kappa shape index (κ2) is 9.85. The fourth-order valence-corrected chi connectivity index (χ4v) is 3.96. The van der Waals surface area contributed by atoms with Crippen LogP contribution in [0.15, 0.2) is 42.2 Å². The molecule has 0 aliphatic heterocycles. The lowest BCUT2D eigenvalue weighted by Gasteiger charge is -2.29. The molecule has 160 valence electrons. The van der Waals surface area contributed by atoms with Gasteiger partial charge in [0, 0.05) is 30.6 Å². The number of aryl methyl sites for hydroxylation is 1. The number of rotatable bonds is 7. The van der Waals surface area contributed by atoms with Gasteiger partial charge in [0.1, 0.15) is 6.07 Å². The van der Waals surface area contributed by atoms with E-state index in [9.17, 15) is 9.59 Å². The molecule has 2 unspecified atom stereocenters. The largest absolute Gasteiger partial charge is 0.392 e. The van der Waals surface area contributed by atoms with E-state index in [1.54, 1.807) is 25.2 Å². The lowest BCUT2D eigenvalue weighted by Crippen LogP contribution is -2.40. The Kier molecular flexibility index (Phi) is 6.98. The minimum Gasteiger partial charge on any atom is -0.392 e. The zero-order chi connectivity index (χ0) is 22.4. The highest BCUT2D eigenvalue weighted by molar-refractivity contribution is 6.11. The van der Waals surface area contributed by atoms with E-state index < -0.39 is 11.8 Å². The summed E-state index contributed by atoms with van der Waals surface area (Å²) in [7, 11) is 1.62. The summed E-state index contributed by atoms with van der Waals surface area (Å²) < 4.78 is 0. The van der Waals surface area contributed by atoms with Crippen molar-refractivity contribution in [3.8, 4) is 17.3 Å². The monoisotopic (exact) mass is 418 g/mol. The van der Waals surface area contributed by atoms with Gasteiger partial charge >= 0.3 is 0 Å². The number of nitriles is 1. The third-order valence-electron chi connectivity index (χ3n) is 5.55. The number of hydrogen-bond acceptors (Lipinski definition) is 6. The van der Waals surface area contributed by atoms with Gasteiger partial charge in [0.15, 0.2) is 11.5 Å². The topological polar surface area (TPSA) is 135 Å². The average Bonchev–Trinajstić information content (AvgIpc) is 3.24.